The smallest absolute Gasteiger partial charge is 0.227 e. The monoisotopic (exact) mass is 297 g/mol. The van der Waals surface area contributed by atoms with Crippen molar-refractivity contribution in [2.45, 2.75) is 13.0 Å². The standard InChI is InChI=1S/C11H9BrFN3O/c12-9-10(8-3-2-7(13)6-14-8)15-16-4-1-5-17-11(9)16/h2-3,6H,1,4-5H2. The summed E-state index contributed by atoms with van der Waals surface area (Å²) < 4.78 is 20.9. The highest BCUT2D eigenvalue weighted by Crippen LogP contribution is 2.36. The predicted molar refractivity (Wildman–Crippen MR) is 63.2 cm³/mol. The van der Waals surface area contributed by atoms with Crippen molar-refractivity contribution in [2.75, 3.05) is 6.61 Å². The number of hydrogen-bond donors (Lipinski definition) is 0. The average Bonchev–Trinajstić information content (AvgIpc) is 2.69. The third-order valence-electron chi connectivity index (χ3n) is 2.57. The van der Waals surface area contributed by atoms with Gasteiger partial charge in [0.1, 0.15) is 16.0 Å². The highest BCUT2D eigenvalue weighted by atomic mass is 79.9. The Kier molecular flexibility index (Phi) is 2.58. The topological polar surface area (TPSA) is 39.9 Å². The maximum Gasteiger partial charge on any atom is 0.227 e. The molecular weight excluding hydrogens is 289 g/mol. The number of aromatic nitrogens is 3. The van der Waals surface area contributed by atoms with Gasteiger partial charge in [-0.1, -0.05) is 0 Å². The van der Waals surface area contributed by atoms with E-state index < -0.39 is 0 Å². The Balaban J connectivity index is 2.09. The van der Waals surface area contributed by atoms with Crippen molar-refractivity contribution in [3.63, 3.8) is 0 Å². The SMILES string of the molecule is Fc1ccc(-c2nn3c(c2Br)OCCC3)nc1. The number of ether oxygens (including phenoxy) is 1. The number of rotatable bonds is 1. The number of nitrogens with zero attached hydrogens (tertiary/aromatic N) is 3. The third kappa shape index (κ3) is 1.82. The van der Waals surface area contributed by atoms with E-state index in [9.17, 15) is 4.39 Å². The van der Waals surface area contributed by atoms with Gasteiger partial charge in [-0.3, -0.25) is 4.98 Å². The van der Waals surface area contributed by atoms with Crippen LogP contribution in [0, 0.1) is 5.82 Å². The highest BCUT2D eigenvalue weighted by molar-refractivity contribution is 9.10. The van der Waals surface area contributed by atoms with E-state index >= 15 is 0 Å². The summed E-state index contributed by atoms with van der Waals surface area (Å²) in [6.07, 6.45) is 2.12. The molecule has 0 unspecified atom stereocenters. The Morgan fingerprint density at radius 1 is 1.41 bits per heavy atom. The molecule has 0 bridgehead atoms. The van der Waals surface area contributed by atoms with Gasteiger partial charge in [0.25, 0.3) is 0 Å². The van der Waals surface area contributed by atoms with Crippen molar-refractivity contribution in [1.82, 2.24) is 14.8 Å². The summed E-state index contributed by atoms with van der Waals surface area (Å²) in [5.74, 6) is 0.363. The second-order valence-corrected chi connectivity index (χ2v) is 4.55. The van der Waals surface area contributed by atoms with Gasteiger partial charge in [0.2, 0.25) is 5.88 Å². The van der Waals surface area contributed by atoms with Crippen LogP contribution in [0.3, 0.4) is 0 Å². The molecule has 0 aromatic carbocycles. The van der Waals surface area contributed by atoms with Crippen LogP contribution in [-0.2, 0) is 6.54 Å². The van der Waals surface area contributed by atoms with Crippen LogP contribution in [0.5, 0.6) is 5.88 Å². The zero-order chi connectivity index (χ0) is 11.8. The summed E-state index contributed by atoms with van der Waals surface area (Å²) in [4.78, 5) is 4.02. The van der Waals surface area contributed by atoms with E-state index in [0.29, 0.717) is 18.0 Å². The summed E-state index contributed by atoms with van der Waals surface area (Å²) in [5, 5.41) is 4.41. The second kappa shape index (κ2) is 4.10. The fourth-order valence-electron chi connectivity index (χ4n) is 1.78. The summed E-state index contributed by atoms with van der Waals surface area (Å²) in [6, 6.07) is 2.97. The second-order valence-electron chi connectivity index (χ2n) is 3.75. The van der Waals surface area contributed by atoms with Gasteiger partial charge in [-0.05, 0) is 28.1 Å². The molecule has 3 rings (SSSR count). The number of aryl methyl sites for hydroxylation is 1. The number of hydrogen-bond acceptors (Lipinski definition) is 3. The molecule has 0 saturated carbocycles. The minimum Gasteiger partial charge on any atom is -0.477 e. The van der Waals surface area contributed by atoms with Gasteiger partial charge in [0, 0.05) is 13.0 Å². The van der Waals surface area contributed by atoms with Crippen LogP contribution >= 0.6 is 15.9 Å². The molecule has 1 aliphatic heterocycles. The van der Waals surface area contributed by atoms with Crippen LogP contribution in [0.2, 0.25) is 0 Å². The lowest BCUT2D eigenvalue weighted by atomic mass is 10.3. The lowest BCUT2D eigenvalue weighted by Crippen LogP contribution is -2.14. The van der Waals surface area contributed by atoms with Crippen molar-refractivity contribution in [3.05, 3.63) is 28.6 Å². The minimum absolute atomic E-state index is 0.356. The van der Waals surface area contributed by atoms with Gasteiger partial charge in [-0.15, -0.1) is 0 Å². The van der Waals surface area contributed by atoms with E-state index in [1.807, 2.05) is 0 Å². The summed E-state index contributed by atoms with van der Waals surface area (Å²) in [6.45, 7) is 1.52. The first-order valence-corrected chi connectivity index (χ1v) is 6.06. The Bertz CT molecular complexity index is 553. The maximum atomic E-state index is 12.8. The number of pyridine rings is 1. The van der Waals surface area contributed by atoms with Gasteiger partial charge < -0.3 is 4.74 Å². The van der Waals surface area contributed by atoms with Gasteiger partial charge in [0.05, 0.1) is 18.5 Å². The molecule has 0 atom stereocenters. The minimum atomic E-state index is -0.356. The fraction of sp³-hybridized carbons (Fsp3) is 0.273. The van der Waals surface area contributed by atoms with Gasteiger partial charge in [-0.2, -0.15) is 5.10 Å². The Labute approximate surface area is 106 Å². The Morgan fingerprint density at radius 2 is 2.29 bits per heavy atom. The van der Waals surface area contributed by atoms with Gasteiger partial charge in [-0.25, -0.2) is 9.07 Å². The molecule has 4 nitrogen and oxygen atoms in total. The zero-order valence-corrected chi connectivity index (χ0v) is 10.4. The molecule has 88 valence electrons. The lowest BCUT2D eigenvalue weighted by Gasteiger charge is -2.14. The van der Waals surface area contributed by atoms with Crippen LogP contribution in [0.4, 0.5) is 4.39 Å². The van der Waals surface area contributed by atoms with E-state index in [1.165, 1.54) is 12.3 Å². The first-order chi connectivity index (χ1) is 8.25. The molecule has 1 aliphatic rings. The molecule has 0 N–H and O–H groups in total. The summed E-state index contributed by atoms with van der Waals surface area (Å²) >= 11 is 3.45. The summed E-state index contributed by atoms with van der Waals surface area (Å²) in [7, 11) is 0. The van der Waals surface area contributed by atoms with E-state index in [4.69, 9.17) is 4.74 Å². The molecule has 0 fully saturated rings. The molecule has 0 saturated heterocycles. The quantitative estimate of drug-likeness (QED) is 0.812. The van der Waals surface area contributed by atoms with Crippen molar-refractivity contribution in [2.24, 2.45) is 0 Å². The molecule has 6 heteroatoms. The Hall–Kier alpha value is -1.43. The Morgan fingerprint density at radius 3 is 3.00 bits per heavy atom. The first-order valence-electron chi connectivity index (χ1n) is 5.27. The third-order valence-corrected chi connectivity index (χ3v) is 3.29. The van der Waals surface area contributed by atoms with Crippen LogP contribution in [0.15, 0.2) is 22.8 Å². The molecule has 2 aromatic rings. The summed E-state index contributed by atoms with van der Waals surface area (Å²) in [5.41, 5.74) is 1.31. The molecule has 17 heavy (non-hydrogen) atoms. The predicted octanol–water partition coefficient (Wildman–Crippen LogP) is 2.63. The van der Waals surface area contributed by atoms with E-state index in [1.54, 1.807) is 10.7 Å². The van der Waals surface area contributed by atoms with Crippen LogP contribution in [0.25, 0.3) is 11.4 Å². The molecule has 0 amide bonds. The molecule has 0 radical (unpaired) electrons. The molecule has 3 heterocycles. The van der Waals surface area contributed by atoms with Crippen molar-refractivity contribution >= 4 is 15.9 Å². The molecule has 0 spiro atoms. The van der Waals surface area contributed by atoms with Crippen LogP contribution < -0.4 is 4.74 Å². The molecule has 2 aromatic heterocycles. The largest absolute Gasteiger partial charge is 0.477 e. The average molecular weight is 298 g/mol. The van der Waals surface area contributed by atoms with Gasteiger partial charge >= 0.3 is 0 Å². The normalized spacial score (nSPS) is 14.2. The number of fused-ring (bicyclic) bond motifs is 1. The fourth-order valence-corrected chi connectivity index (χ4v) is 2.38. The zero-order valence-electron chi connectivity index (χ0n) is 8.86. The first kappa shape index (κ1) is 10.7. The van der Waals surface area contributed by atoms with Crippen molar-refractivity contribution < 1.29 is 9.13 Å². The van der Waals surface area contributed by atoms with Gasteiger partial charge in [0.15, 0.2) is 0 Å². The molecule has 0 aliphatic carbocycles. The van der Waals surface area contributed by atoms with Crippen molar-refractivity contribution in [1.29, 1.82) is 0 Å². The molecular formula is C11H9BrFN3O. The lowest BCUT2D eigenvalue weighted by molar-refractivity contribution is 0.229. The number of halogens is 2. The van der Waals surface area contributed by atoms with E-state index in [2.05, 4.69) is 26.0 Å². The van der Waals surface area contributed by atoms with Crippen LogP contribution in [-0.4, -0.2) is 21.4 Å². The highest BCUT2D eigenvalue weighted by Gasteiger charge is 2.21. The van der Waals surface area contributed by atoms with E-state index in [-0.39, 0.29) is 5.82 Å². The maximum absolute atomic E-state index is 12.8. The van der Waals surface area contributed by atoms with Crippen molar-refractivity contribution in [3.8, 4) is 17.3 Å². The van der Waals surface area contributed by atoms with Crippen LogP contribution in [0.1, 0.15) is 6.42 Å². The van der Waals surface area contributed by atoms with E-state index in [0.717, 1.165) is 23.3 Å².